The van der Waals surface area contributed by atoms with Gasteiger partial charge >= 0.3 is 0 Å². The van der Waals surface area contributed by atoms with Crippen LogP contribution < -0.4 is 5.56 Å². The Labute approximate surface area is 168 Å². The fourth-order valence-electron chi connectivity index (χ4n) is 3.31. The van der Waals surface area contributed by atoms with Crippen molar-refractivity contribution in [3.8, 4) is 0 Å². The van der Waals surface area contributed by atoms with Gasteiger partial charge in [0.25, 0.3) is 11.5 Å². The zero-order valence-electron chi connectivity index (χ0n) is 15.9. The molecule has 1 N–H and O–H groups in total. The van der Waals surface area contributed by atoms with Crippen LogP contribution in [0.3, 0.4) is 0 Å². The quantitative estimate of drug-likeness (QED) is 0.551. The molecule has 1 heterocycles. The standard InChI is InChI=1S/C24H21N3O2/c28-23-20-13-7-8-14-21(20)25-22(26-23)17-27(16-15-18-9-3-1-4-10-18)24(29)19-11-5-2-6-12-19/h1-14H,15-17H2,(H,25,26,28). The van der Waals surface area contributed by atoms with E-state index in [2.05, 4.69) is 9.97 Å². The number of aromatic nitrogens is 2. The van der Waals surface area contributed by atoms with Gasteiger partial charge in [-0.1, -0.05) is 60.7 Å². The molecule has 1 amide bonds. The van der Waals surface area contributed by atoms with Crippen LogP contribution in [-0.2, 0) is 13.0 Å². The highest BCUT2D eigenvalue weighted by Crippen LogP contribution is 2.12. The second kappa shape index (κ2) is 8.52. The van der Waals surface area contributed by atoms with Gasteiger partial charge in [-0.05, 0) is 36.2 Å². The predicted octanol–water partition coefficient (Wildman–Crippen LogP) is 3.81. The summed E-state index contributed by atoms with van der Waals surface area (Å²) in [7, 11) is 0. The molecule has 0 bridgehead atoms. The lowest BCUT2D eigenvalue weighted by Crippen LogP contribution is -2.34. The highest BCUT2D eigenvalue weighted by atomic mass is 16.2. The average Bonchev–Trinajstić information content (AvgIpc) is 2.77. The minimum atomic E-state index is -0.194. The summed E-state index contributed by atoms with van der Waals surface area (Å²) in [4.78, 5) is 34.6. The van der Waals surface area contributed by atoms with Crippen molar-refractivity contribution >= 4 is 16.8 Å². The summed E-state index contributed by atoms with van der Waals surface area (Å²) in [5.74, 6) is 0.392. The van der Waals surface area contributed by atoms with Crippen molar-refractivity contribution in [2.45, 2.75) is 13.0 Å². The summed E-state index contributed by atoms with van der Waals surface area (Å²) in [5.41, 5.74) is 2.20. The van der Waals surface area contributed by atoms with E-state index < -0.39 is 0 Å². The third-order valence-corrected chi connectivity index (χ3v) is 4.82. The van der Waals surface area contributed by atoms with Crippen LogP contribution in [0.5, 0.6) is 0 Å². The number of hydrogen-bond donors (Lipinski definition) is 1. The zero-order valence-corrected chi connectivity index (χ0v) is 15.9. The van der Waals surface area contributed by atoms with E-state index in [-0.39, 0.29) is 18.0 Å². The Morgan fingerprint density at radius 2 is 1.52 bits per heavy atom. The first-order valence-electron chi connectivity index (χ1n) is 9.57. The van der Waals surface area contributed by atoms with Crippen LogP contribution >= 0.6 is 0 Å². The zero-order chi connectivity index (χ0) is 20.1. The minimum absolute atomic E-state index is 0.0858. The molecule has 5 nitrogen and oxygen atoms in total. The molecule has 0 saturated heterocycles. The minimum Gasteiger partial charge on any atom is -0.331 e. The largest absolute Gasteiger partial charge is 0.331 e. The molecule has 0 saturated carbocycles. The van der Waals surface area contributed by atoms with Gasteiger partial charge in [0.2, 0.25) is 0 Å². The topological polar surface area (TPSA) is 66.1 Å². The van der Waals surface area contributed by atoms with Crippen LogP contribution in [0.1, 0.15) is 21.7 Å². The van der Waals surface area contributed by atoms with E-state index in [0.717, 1.165) is 12.0 Å². The highest BCUT2D eigenvalue weighted by Gasteiger charge is 2.17. The van der Waals surface area contributed by atoms with E-state index in [1.807, 2.05) is 60.7 Å². The van der Waals surface area contributed by atoms with Crippen LogP contribution in [0.25, 0.3) is 10.9 Å². The molecule has 0 unspecified atom stereocenters. The molecule has 4 aromatic rings. The van der Waals surface area contributed by atoms with Crippen LogP contribution in [-0.4, -0.2) is 27.3 Å². The summed E-state index contributed by atoms with van der Waals surface area (Å²) in [6, 6.07) is 26.4. The number of nitrogens with zero attached hydrogens (tertiary/aromatic N) is 2. The van der Waals surface area contributed by atoms with Gasteiger partial charge in [-0.25, -0.2) is 4.98 Å². The number of carbonyl (C=O) groups excluding carboxylic acids is 1. The summed E-state index contributed by atoms with van der Waals surface area (Å²) in [5, 5.41) is 0.543. The van der Waals surface area contributed by atoms with Crippen LogP contribution in [0.2, 0.25) is 0 Å². The molecule has 0 spiro atoms. The highest BCUT2D eigenvalue weighted by molar-refractivity contribution is 5.94. The van der Waals surface area contributed by atoms with Crippen molar-refractivity contribution in [1.82, 2.24) is 14.9 Å². The summed E-state index contributed by atoms with van der Waals surface area (Å²) in [6.07, 6.45) is 0.719. The van der Waals surface area contributed by atoms with Crippen molar-refractivity contribution in [3.05, 3.63) is 112 Å². The average molecular weight is 383 g/mol. The number of carbonyl (C=O) groups is 1. The van der Waals surface area contributed by atoms with Gasteiger partial charge in [-0.3, -0.25) is 9.59 Å². The Balaban J connectivity index is 1.62. The van der Waals surface area contributed by atoms with Gasteiger partial charge < -0.3 is 9.88 Å². The first kappa shape index (κ1) is 18.6. The molecule has 0 aliphatic carbocycles. The second-order valence-electron chi connectivity index (χ2n) is 6.86. The Morgan fingerprint density at radius 3 is 2.28 bits per heavy atom. The molecule has 0 atom stereocenters. The number of para-hydroxylation sites is 1. The Bertz CT molecular complexity index is 1170. The van der Waals surface area contributed by atoms with Gasteiger partial charge in [-0.15, -0.1) is 0 Å². The van der Waals surface area contributed by atoms with E-state index in [1.165, 1.54) is 0 Å². The van der Waals surface area contributed by atoms with E-state index in [4.69, 9.17) is 0 Å². The molecule has 0 radical (unpaired) electrons. The van der Waals surface area contributed by atoms with E-state index in [9.17, 15) is 9.59 Å². The summed E-state index contributed by atoms with van der Waals surface area (Å²) >= 11 is 0. The maximum atomic E-state index is 13.1. The first-order valence-corrected chi connectivity index (χ1v) is 9.57. The number of H-pyrrole nitrogens is 1. The van der Waals surface area contributed by atoms with Crippen molar-refractivity contribution in [3.63, 3.8) is 0 Å². The van der Waals surface area contributed by atoms with Gasteiger partial charge in [0.05, 0.1) is 17.4 Å². The number of amides is 1. The van der Waals surface area contributed by atoms with Gasteiger partial charge in [0.1, 0.15) is 5.82 Å². The molecular formula is C24H21N3O2. The number of fused-ring (bicyclic) bond motifs is 1. The lowest BCUT2D eigenvalue weighted by molar-refractivity contribution is 0.0741. The van der Waals surface area contributed by atoms with Crippen LogP contribution in [0, 0.1) is 0 Å². The normalized spacial score (nSPS) is 10.8. The van der Waals surface area contributed by atoms with Gasteiger partial charge in [-0.2, -0.15) is 0 Å². The van der Waals surface area contributed by atoms with Crippen molar-refractivity contribution in [2.24, 2.45) is 0 Å². The maximum Gasteiger partial charge on any atom is 0.258 e. The molecule has 0 aliphatic heterocycles. The molecule has 0 aliphatic rings. The number of rotatable bonds is 6. The Morgan fingerprint density at radius 1 is 0.862 bits per heavy atom. The monoisotopic (exact) mass is 383 g/mol. The molecule has 29 heavy (non-hydrogen) atoms. The first-order chi connectivity index (χ1) is 14.2. The molecule has 144 valence electrons. The predicted molar refractivity (Wildman–Crippen MR) is 114 cm³/mol. The SMILES string of the molecule is O=C(c1ccccc1)N(CCc1ccccc1)Cc1nc2ccccc2c(=O)[nH]1. The molecule has 0 fully saturated rings. The third kappa shape index (κ3) is 4.41. The fraction of sp³-hybridized carbons (Fsp3) is 0.125. The lowest BCUT2D eigenvalue weighted by Gasteiger charge is -2.22. The molecule has 3 aromatic carbocycles. The number of aromatic amines is 1. The summed E-state index contributed by atoms with van der Waals surface area (Å²) in [6.45, 7) is 0.759. The van der Waals surface area contributed by atoms with Crippen molar-refractivity contribution in [1.29, 1.82) is 0 Å². The third-order valence-electron chi connectivity index (χ3n) is 4.82. The number of hydrogen-bond acceptors (Lipinski definition) is 3. The van der Waals surface area contributed by atoms with Gasteiger partial charge in [0.15, 0.2) is 0 Å². The van der Waals surface area contributed by atoms with E-state index in [0.29, 0.717) is 28.8 Å². The molecule has 5 heteroatoms. The maximum absolute atomic E-state index is 13.1. The molecule has 4 rings (SSSR count). The number of nitrogens with one attached hydrogen (secondary N) is 1. The van der Waals surface area contributed by atoms with Crippen LogP contribution in [0.15, 0.2) is 89.7 Å². The van der Waals surface area contributed by atoms with Gasteiger partial charge in [0, 0.05) is 12.1 Å². The molecular weight excluding hydrogens is 362 g/mol. The fourth-order valence-corrected chi connectivity index (χ4v) is 3.31. The van der Waals surface area contributed by atoms with E-state index in [1.54, 1.807) is 29.2 Å². The summed E-state index contributed by atoms with van der Waals surface area (Å²) < 4.78 is 0. The Kier molecular flexibility index (Phi) is 5.47. The van der Waals surface area contributed by atoms with Crippen LogP contribution in [0.4, 0.5) is 0 Å². The van der Waals surface area contributed by atoms with E-state index >= 15 is 0 Å². The smallest absolute Gasteiger partial charge is 0.258 e. The Hall–Kier alpha value is -3.73. The van der Waals surface area contributed by atoms with Crippen molar-refractivity contribution in [2.75, 3.05) is 6.54 Å². The molecule has 1 aromatic heterocycles. The second-order valence-corrected chi connectivity index (χ2v) is 6.86. The van der Waals surface area contributed by atoms with Crippen molar-refractivity contribution < 1.29 is 4.79 Å². The lowest BCUT2D eigenvalue weighted by atomic mass is 10.1. The number of benzene rings is 3.